The Labute approximate surface area is 358 Å². The normalized spacial score (nSPS) is 13.9. The number of aliphatic hydroxyl groups excluding tert-OH is 1. The molecule has 0 spiro atoms. The summed E-state index contributed by atoms with van der Waals surface area (Å²) in [6.45, 7) is 4.99. The van der Waals surface area contributed by atoms with Crippen LogP contribution in [0.4, 0.5) is 0 Å². The molecule has 58 heavy (non-hydrogen) atoms. The summed E-state index contributed by atoms with van der Waals surface area (Å²) in [5.41, 5.74) is 0. The molecule has 0 fully saturated rings. The topological polar surface area (TPSA) is 119 Å². The molecule has 8 nitrogen and oxygen atoms in total. The standard InChI is InChI=1S/C49H93O8P/c1-4-6-8-10-12-14-16-18-20-22-24-26-28-30-32-34-36-38-40-42-48(51)55-44-47(45-56-58(53,54)46(3)50)57-49(52)43-41-39-37-35-33-31-29-27-25-23-21-19-17-15-13-11-9-7-5-2/h18-21,46-47,50H,4-17,22-45H2,1-3H3,(H,53,54)/b20-18-,21-19-/t46?,47-/m1/s1. The Kier molecular flexibility index (Phi) is 42.5. The second-order valence-corrected chi connectivity index (χ2v) is 18.9. The number of hydrogen-bond donors (Lipinski definition) is 2. The maximum absolute atomic E-state index is 12.6. The highest BCUT2D eigenvalue weighted by atomic mass is 31.2. The Bertz CT molecular complexity index is 1010. The van der Waals surface area contributed by atoms with E-state index >= 15 is 0 Å². The fraction of sp³-hybridized carbons (Fsp3) is 0.878. The van der Waals surface area contributed by atoms with Crippen LogP contribution in [0, 0.1) is 0 Å². The predicted molar refractivity (Wildman–Crippen MR) is 244 cm³/mol. The molecular formula is C49H93O8P. The van der Waals surface area contributed by atoms with Gasteiger partial charge in [0.1, 0.15) is 6.61 Å². The van der Waals surface area contributed by atoms with Gasteiger partial charge in [-0.25, -0.2) is 0 Å². The number of unbranched alkanes of at least 4 members (excludes halogenated alkanes) is 30. The maximum Gasteiger partial charge on any atom is 0.356 e. The molecule has 2 N–H and O–H groups in total. The number of aliphatic hydroxyl groups is 1. The SMILES string of the molecule is CCCCCCCC/C=C\CCCCCCCCCCCC(=O)OC[C@H](COP(=O)(O)C(C)O)OC(=O)CCCCCCCCCCC/C=C\CCCCCCCC. The smallest absolute Gasteiger partial charge is 0.356 e. The summed E-state index contributed by atoms with van der Waals surface area (Å²) in [6.07, 6.45) is 50.5. The van der Waals surface area contributed by atoms with Gasteiger partial charge in [-0.1, -0.05) is 192 Å². The van der Waals surface area contributed by atoms with Crippen LogP contribution >= 0.6 is 7.60 Å². The molecule has 3 atom stereocenters. The van der Waals surface area contributed by atoms with Gasteiger partial charge in [0.15, 0.2) is 11.9 Å². The van der Waals surface area contributed by atoms with E-state index in [-0.39, 0.29) is 25.4 Å². The molecule has 342 valence electrons. The molecule has 0 heterocycles. The number of carbonyl (C=O) groups excluding carboxylic acids is 2. The Morgan fingerprint density at radius 2 is 0.793 bits per heavy atom. The molecule has 0 aliphatic carbocycles. The molecule has 0 aliphatic rings. The van der Waals surface area contributed by atoms with Gasteiger partial charge in [-0.05, 0) is 71.1 Å². The summed E-state index contributed by atoms with van der Waals surface area (Å²) in [5, 5.41) is 9.57. The summed E-state index contributed by atoms with van der Waals surface area (Å²) in [7, 11) is -4.30. The van der Waals surface area contributed by atoms with E-state index in [1.54, 1.807) is 0 Å². The number of esters is 2. The van der Waals surface area contributed by atoms with Gasteiger partial charge in [-0.2, -0.15) is 0 Å². The van der Waals surface area contributed by atoms with Crippen molar-refractivity contribution in [1.29, 1.82) is 0 Å². The van der Waals surface area contributed by atoms with E-state index in [1.807, 2.05) is 0 Å². The minimum absolute atomic E-state index is 0.223. The molecule has 0 saturated heterocycles. The van der Waals surface area contributed by atoms with Gasteiger partial charge in [-0.3, -0.25) is 14.2 Å². The van der Waals surface area contributed by atoms with E-state index in [0.29, 0.717) is 6.42 Å². The van der Waals surface area contributed by atoms with Crippen molar-refractivity contribution in [2.75, 3.05) is 13.2 Å². The third-order valence-electron chi connectivity index (χ3n) is 10.9. The van der Waals surface area contributed by atoms with E-state index in [1.165, 1.54) is 173 Å². The maximum atomic E-state index is 12.6. The molecule has 0 aromatic rings. The molecule has 0 bridgehead atoms. The number of ether oxygens (including phenoxy) is 2. The van der Waals surface area contributed by atoms with Crippen LogP contribution in [0.25, 0.3) is 0 Å². The minimum atomic E-state index is -4.30. The number of allylic oxidation sites excluding steroid dienone is 4. The van der Waals surface area contributed by atoms with E-state index in [9.17, 15) is 24.2 Å². The average Bonchev–Trinajstić information content (AvgIpc) is 3.20. The summed E-state index contributed by atoms with van der Waals surface area (Å²) in [5.74, 6) is -2.42. The van der Waals surface area contributed by atoms with Crippen molar-refractivity contribution in [3.05, 3.63) is 24.3 Å². The molecular weight excluding hydrogens is 748 g/mol. The van der Waals surface area contributed by atoms with Crippen LogP contribution in [0.3, 0.4) is 0 Å². The first-order valence-electron chi connectivity index (χ1n) is 24.5. The van der Waals surface area contributed by atoms with Crippen molar-refractivity contribution in [3.8, 4) is 0 Å². The Morgan fingerprint density at radius 1 is 0.483 bits per heavy atom. The zero-order valence-electron chi connectivity index (χ0n) is 38.1. The fourth-order valence-electron chi connectivity index (χ4n) is 7.01. The zero-order chi connectivity index (χ0) is 42.6. The summed E-state index contributed by atoms with van der Waals surface area (Å²) < 4.78 is 28.0. The molecule has 0 saturated carbocycles. The van der Waals surface area contributed by atoms with Crippen molar-refractivity contribution in [1.82, 2.24) is 0 Å². The van der Waals surface area contributed by atoms with Crippen LogP contribution < -0.4 is 0 Å². The molecule has 0 aliphatic heterocycles. The van der Waals surface area contributed by atoms with Crippen molar-refractivity contribution >= 4 is 19.5 Å². The largest absolute Gasteiger partial charge is 0.462 e. The average molecular weight is 841 g/mol. The van der Waals surface area contributed by atoms with Gasteiger partial charge in [0, 0.05) is 12.8 Å². The first kappa shape index (κ1) is 56.5. The molecule has 0 aromatic carbocycles. The molecule has 0 radical (unpaired) electrons. The van der Waals surface area contributed by atoms with Gasteiger partial charge in [-0.15, -0.1) is 0 Å². The van der Waals surface area contributed by atoms with Crippen molar-refractivity contribution in [3.63, 3.8) is 0 Å². The van der Waals surface area contributed by atoms with Crippen molar-refractivity contribution < 1.29 is 38.2 Å². The van der Waals surface area contributed by atoms with E-state index in [2.05, 4.69) is 38.2 Å². The van der Waals surface area contributed by atoms with Crippen LogP contribution in [-0.2, 0) is 28.2 Å². The summed E-state index contributed by atoms with van der Waals surface area (Å²) in [6, 6.07) is 0. The molecule has 2 unspecified atom stereocenters. The van der Waals surface area contributed by atoms with Gasteiger partial charge >= 0.3 is 19.5 Å². The fourth-order valence-corrected chi connectivity index (χ4v) is 7.61. The van der Waals surface area contributed by atoms with Crippen molar-refractivity contribution in [2.45, 2.75) is 264 Å². The van der Waals surface area contributed by atoms with Gasteiger partial charge in [0.2, 0.25) is 0 Å². The lowest BCUT2D eigenvalue weighted by Crippen LogP contribution is -2.30. The Balaban J connectivity index is 4.00. The molecule has 0 rings (SSSR count). The van der Waals surface area contributed by atoms with Gasteiger partial charge in [0.25, 0.3) is 0 Å². The highest BCUT2D eigenvalue weighted by molar-refractivity contribution is 7.53. The van der Waals surface area contributed by atoms with Gasteiger partial charge < -0.3 is 24.0 Å². The third kappa shape index (κ3) is 41.3. The van der Waals surface area contributed by atoms with Crippen LogP contribution in [0.5, 0.6) is 0 Å². The lowest BCUT2D eigenvalue weighted by Gasteiger charge is -2.21. The van der Waals surface area contributed by atoms with E-state index < -0.39 is 32.1 Å². The highest BCUT2D eigenvalue weighted by Gasteiger charge is 2.29. The van der Waals surface area contributed by atoms with Crippen LogP contribution in [0.15, 0.2) is 24.3 Å². The minimum Gasteiger partial charge on any atom is -0.462 e. The summed E-state index contributed by atoms with van der Waals surface area (Å²) in [4.78, 5) is 34.9. The quantitative estimate of drug-likeness (QED) is 0.0269. The lowest BCUT2D eigenvalue weighted by atomic mass is 10.1. The first-order chi connectivity index (χ1) is 28.2. The Hall–Kier alpha value is -1.47. The van der Waals surface area contributed by atoms with E-state index in [4.69, 9.17) is 14.0 Å². The highest BCUT2D eigenvalue weighted by Crippen LogP contribution is 2.46. The second-order valence-electron chi connectivity index (χ2n) is 16.8. The molecule has 9 heteroatoms. The lowest BCUT2D eigenvalue weighted by molar-refractivity contribution is -0.161. The molecule has 0 amide bonds. The summed E-state index contributed by atoms with van der Waals surface area (Å²) >= 11 is 0. The first-order valence-corrected chi connectivity index (χ1v) is 26.2. The van der Waals surface area contributed by atoms with Crippen LogP contribution in [-0.4, -0.2) is 47.1 Å². The van der Waals surface area contributed by atoms with Crippen LogP contribution in [0.2, 0.25) is 0 Å². The van der Waals surface area contributed by atoms with Crippen LogP contribution in [0.1, 0.15) is 252 Å². The monoisotopic (exact) mass is 841 g/mol. The third-order valence-corrected chi connectivity index (χ3v) is 12.4. The van der Waals surface area contributed by atoms with E-state index in [0.717, 1.165) is 45.4 Å². The number of rotatable bonds is 45. The predicted octanol–water partition coefficient (Wildman–Crippen LogP) is 15.2. The zero-order valence-corrected chi connectivity index (χ0v) is 39.0. The molecule has 0 aromatic heterocycles. The van der Waals surface area contributed by atoms with Crippen molar-refractivity contribution in [2.24, 2.45) is 0 Å². The number of hydrogen-bond acceptors (Lipinski definition) is 7. The number of carbonyl (C=O) groups is 2. The second kappa shape index (κ2) is 43.6. The Morgan fingerprint density at radius 3 is 1.14 bits per heavy atom. The van der Waals surface area contributed by atoms with Gasteiger partial charge in [0.05, 0.1) is 6.61 Å².